The molecule has 0 saturated heterocycles. The Hall–Kier alpha value is -3.08. The summed E-state index contributed by atoms with van der Waals surface area (Å²) >= 11 is 0. The molecule has 0 heterocycles. The molecule has 1 aliphatic rings. The predicted molar refractivity (Wildman–Crippen MR) is 145 cm³/mol. The van der Waals surface area contributed by atoms with E-state index in [0.717, 1.165) is 56.1 Å². The third-order valence-electron chi connectivity index (χ3n) is 6.96. The van der Waals surface area contributed by atoms with E-state index in [2.05, 4.69) is 5.32 Å². The second kappa shape index (κ2) is 13.3. The van der Waals surface area contributed by atoms with Crippen molar-refractivity contribution in [1.29, 1.82) is 0 Å². The topological polar surface area (TPSA) is 86.8 Å². The Morgan fingerprint density at radius 1 is 1.03 bits per heavy atom. The number of sulfonamides is 1. The zero-order valence-electron chi connectivity index (χ0n) is 22.3. The molecule has 0 unspecified atom stereocenters. The molecule has 0 spiro atoms. The highest BCUT2D eigenvalue weighted by Gasteiger charge is 2.34. The number of anilines is 1. The standard InChI is InChI=1S/C28H36F3N3O4S/c1-3-25(27(36)32-23-14-8-5-9-15-23)33(18-17-21-11-6-4-7-12-21)26(35)20-34(39(2,37)38)24-16-10-13-22(19-24)28(29,30)31/h4,6-7,10-13,16,19,23,25H,3,5,8-9,14-15,17-18,20H2,1-2H3,(H,32,36)/t25-/m1/s1. The highest BCUT2D eigenvalue weighted by molar-refractivity contribution is 7.92. The van der Waals surface area contributed by atoms with Crippen LogP contribution in [0.5, 0.6) is 0 Å². The summed E-state index contributed by atoms with van der Waals surface area (Å²) in [7, 11) is -4.13. The number of hydrogen-bond donors (Lipinski definition) is 1. The Kier molecular flexibility index (Phi) is 10.4. The van der Waals surface area contributed by atoms with E-state index in [-0.39, 0.29) is 24.2 Å². The zero-order valence-corrected chi connectivity index (χ0v) is 23.1. The first-order valence-corrected chi connectivity index (χ1v) is 15.0. The van der Waals surface area contributed by atoms with Gasteiger partial charge in [0.2, 0.25) is 21.8 Å². The molecule has 1 fully saturated rings. The van der Waals surface area contributed by atoms with Crippen LogP contribution in [-0.2, 0) is 32.2 Å². The summed E-state index contributed by atoms with van der Waals surface area (Å²) in [4.78, 5) is 28.4. The van der Waals surface area contributed by atoms with Crippen LogP contribution in [0.15, 0.2) is 54.6 Å². The molecule has 11 heteroatoms. The average Bonchev–Trinajstić information content (AvgIpc) is 2.89. The third kappa shape index (κ3) is 8.71. The minimum atomic E-state index is -4.69. The molecule has 0 bridgehead atoms. The summed E-state index contributed by atoms with van der Waals surface area (Å²) in [5, 5.41) is 3.05. The van der Waals surface area contributed by atoms with Crippen LogP contribution >= 0.6 is 0 Å². The number of amides is 2. The molecule has 1 aliphatic carbocycles. The molecule has 7 nitrogen and oxygen atoms in total. The van der Waals surface area contributed by atoms with Crippen molar-refractivity contribution in [1.82, 2.24) is 10.2 Å². The number of benzene rings is 2. The lowest BCUT2D eigenvalue weighted by Crippen LogP contribution is -2.54. The van der Waals surface area contributed by atoms with E-state index in [9.17, 15) is 31.2 Å². The molecule has 2 aromatic rings. The van der Waals surface area contributed by atoms with Gasteiger partial charge < -0.3 is 10.2 Å². The van der Waals surface area contributed by atoms with Gasteiger partial charge in [0.1, 0.15) is 12.6 Å². The van der Waals surface area contributed by atoms with Crippen molar-refractivity contribution in [2.75, 3.05) is 23.7 Å². The van der Waals surface area contributed by atoms with Gasteiger partial charge in [0, 0.05) is 12.6 Å². The molecule has 2 aromatic carbocycles. The molecule has 214 valence electrons. The van der Waals surface area contributed by atoms with Crippen LogP contribution < -0.4 is 9.62 Å². The average molecular weight is 568 g/mol. The Labute approximate surface area is 228 Å². The Balaban J connectivity index is 1.89. The molecular weight excluding hydrogens is 531 g/mol. The van der Waals surface area contributed by atoms with Crippen molar-refractivity contribution in [2.24, 2.45) is 0 Å². The molecule has 0 aromatic heterocycles. The summed E-state index contributed by atoms with van der Waals surface area (Å²) in [5.74, 6) is -0.977. The van der Waals surface area contributed by atoms with Crippen molar-refractivity contribution >= 4 is 27.5 Å². The lowest BCUT2D eigenvalue weighted by Gasteiger charge is -2.34. The van der Waals surface area contributed by atoms with Gasteiger partial charge in [0.05, 0.1) is 17.5 Å². The summed E-state index contributed by atoms with van der Waals surface area (Å²) < 4.78 is 66.0. The second-order valence-corrected chi connectivity index (χ2v) is 11.8. The van der Waals surface area contributed by atoms with Crippen molar-refractivity contribution in [3.05, 3.63) is 65.7 Å². The predicted octanol–water partition coefficient (Wildman–Crippen LogP) is 4.77. The summed E-state index contributed by atoms with van der Waals surface area (Å²) in [6.07, 6.45) is 1.72. The Morgan fingerprint density at radius 2 is 1.69 bits per heavy atom. The molecule has 39 heavy (non-hydrogen) atoms. The summed E-state index contributed by atoms with van der Waals surface area (Å²) in [5.41, 5.74) is -0.376. The largest absolute Gasteiger partial charge is 0.416 e. The molecule has 3 rings (SSSR count). The lowest BCUT2D eigenvalue weighted by atomic mass is 9.95. The van der Waals surface area contributed by atoms with E-state index in [1.54, 1.807) is 6.92 Å². The number of alkyl halides is 3. The highest BCUT2D eigenvalue weighted by Crippen LogP contribution is 2.32. The quantitative estimate of drug-likeness (QED) is 0.424. The fourth-order valence-corrected chi connectivity index (χ4v) is 5.73. The maximum atomic E-state index is 13.7. The maximum absolute atomic E-state index is 13.7. The normalized spacial score (nSPS) is 15.4. The number of halogens is 3. The second-order valence-electron chi connectivity index (χ2n) is 9.91. The summed E-state index contributed by atoms with van der Waals surface area (Å²) in [6.45, 7) is 1.18. The fraction of sp³-hybridized carbons (Fsp3) is 0.500. The van der Waals surface area contributed by atoms with Crippen LogP contribution in [0.25, 0.3) is 0 Å². The van der Waals surface area contributed by atoms with Gasteiger partial charge in [-0.25, -0.2) is 8.42 Å². The van der Waals surface area contributed by atoms with Crippen LogP contribution in [0, 0.1) is 0 Å². The molecule has 0 aliphatic heterocycles. The van der Waals surface area contributed by atoms with Gasteiger partial charge in [-0.05, 0) is 49.4 Å². The maximum Gasteiger partial charge on any atom is 0.416 e. The van der Waals surface area contributed by atoms with Crippen molar-refractivity contribution < 1.29 is 31.2 Å². The monoisotopic (exact) mass is 567 g/mol. The Bertz CT molecular complexity index is 1220. The van der Waals surface area contributed by atoms with Gasteiger partial charge in [0.25, 0.3) is 0 Å². The minimum Gasteiger partial charge on any atom is -0.352 e. The first-order chi connectivity index (χ1) is 18.4. The van der Waals surface area contributed by atoms with Gasteiger partial charge in [-0.15, -0.1) is 0 Å². The molecule has 2 amide bonds. The van der Waals surface area contributed by atoms with Crippen LogP contribution in [0.4, 0.5) is 18.9 Å². The number of hydrogen-bond acceptors (Lipinski definition) is 4. The smallest absolute Gasteiger partial charge is 0.352 e. The minimum absolute atomic E-state index is 0.0176. The van der Waals surface area contributed by atoms with E-state index < -0.39 is 40.3 Å². The number of carbonyl (C=O) groups is 2. The number of carbonyl (C=O) groups excluding carboxylic acids is 2. The molecule has 1 N–H and O–H groups in total. The Morgan fingerprint density at radius 3 is 2.28 bits per heavy atom. The van der Waals surface area contributed by atoms with Gasteiger partial charge in [0.15, 0.2) is 0 Å². The van der Waals surface area contributed by atoms with Gasteiger partial charge in [-0.1, -0.05) is 62.6 Å². The van der Waals surface area contributed by atoms with Crippen LogP contribution in [-0.4, -0.2) is 56.6 Å². The fourth-order valence-electron chi connectivity index (χ4n) is 4.89. The van der Waals surface area contributed by atoms with E-state index in [1.807, 2.05) is 30.3 Å². The highest BCUT2D eigenvalue weighted by atomic mass is 32.2. The van der Waals surface area contributed by atoms with Crippen LogP contribution in [0.3, 0.4) is 0 Å². The van der Waals surface area contributed by atoms with Crippen molar-refractivity contribution in [2.45, 2.75) is 70.1 Å². The molecular formula is C28H36F3N3O4S. The zero-order chi connectivity index (χ0) is 28.6. The SMILES string of the molecule is CC[C@H](C(=O)NC1CCCCC1)N(CCc1ccccc1)C(=O)CN(c1cccc(C(F)(F)F)c1)S(C)(=O)=O. The van der Waals surface area contributed by atoms with E-state index in [0.29, 0.717) is 23.2 Å². The van der Waals surface area contributed by atoms with Crippen LogP contribution in [0.1, 0.15) is 56.6 Å². The molecule has 1 saturated carbocycles. The summed E-state index contributed by atoms with van der Waals surface area (Å²) in [6, 6.07) is 12.4. The van der Waals surface area contributed by atoms with E-state index in [1.165, 1.54) is 11.0 Å². The lowest BCUT2D eigenvalue weighted by molar-refractivity contribution is -0.140. The van der Waals surface area contributed by atoms with Gasteiger partial charge in [-0.3, -0.25) is 13.9 Å². The van der Waals surface area contributed by atoms with Gasteiger partial charge >= 0.3 is 6.18 Å². The third-order valence-corrected chi connectivity index (χ3v) is 8.10. The van der Waals surface area contributed by atoms with Crippen molar-refractivity contribution in [3.63, 3.8) is 0 Å². The molecule has 1 atom stereocenters. The number of nitrogens with one attached hydrogen (secondary N) is 1. The van der Waals surface area contributed by atoms with E-state index >= 15 is 0 Å². The van der Waals surface area contributed by atoms with Gasteiger partial charge in [-0.2, -0.15) is 13.2 Å². The van der Waals surface area contributed by atoms with Crippen LogP contribution in [0.2, 0.25) is 0 Å². The first kappa shape index (κ1) is 30.5. The van der Waals surface area contributed by atoms with E-state index in [4.69, 9.17) is 0 Å². The van der Waals surface area contributed by atoms with Crippen molar-refractivity contribution in [3.8, 4) is 0 Å². The first-order valence-electron chi connectivity index (χ1n) is 13.2. The molecule has 0 radical (unpaired) electrons. The number of nitrogens with zero attached hydrogens (tertiary/aromatic N) is 2. The number of rotatable bonds is 11.